The van der Waals surface area contributed by atoms with E-state index in [4.69, 9.17) is 10.2 Å². The van der Waals surface area contributed by atoms with Crippen LogP contribution in [-0.2, 0) is 4.79 Å². The number of carbonyl (C=O) groups is 2. The molecule has 1 saturated carbocycles. The first kappa shape index (κ1) is 15.4. The number of rotatable bonds is 5. The van der Waals surface area contributed by atoms with Gasteiger partial charge in [0, 0.05) is 30.6 Å². The van der Waals surface area contributed by atoms with Crippen LogP contribution in [0, 0.1) is 0 Å². The van der Waals surface area contributed by atoms with Gasteiger partial charge in [0.15, 0.2) is 0 Å². The van der Waals surface area contributed by atoms with Crippen molar-refractivity contribution in [1.29, 1.82) is 0 Å². The minimum absolute atomic E-state index is 0.00360. The number of urea groups is 1. The van der Waals surface area contributed by atoms with Crippen molar-refractivity contribution in [2.24, 2.45) is 0 Å². The van der Waals surface area contributed by atoms with Crippen LogP contribution in [0.4, 0.5) is 4.79 Å². The SMILES string of the molecule is O=C(O)CC1CSCCN1C(=O)N(CCO)C1CCC1. The van der Waals surface area contributed by atoms with E-state index in [9.17, 15) is 9.59 Å². The van der Waals surface area contributed by atoms with Gasteiger partial charge in [-0.05, 0) is 19.3 Å². The van der Waals surface area contributed by atoms with E-state index in [1.54, 1.807) is 21.6 Å². The van der Waals surface area contributed by atoms with Gasteiger partial charge in [-0.3, -0.25) is 4.79 Å². The van der Waals surface area contributed by atoms with E-state index in [1.807, 2.05) is 0 Å². The average Bonchev–Trinajstić information content (AvgIpc) is 2.35. The van der Waals surface area contributed by atoms with E-state index in [0.717, 1.165) is 25.0 Å². The summed E-state index contributed by atoms with van der Waals surface area (Å²) in [6.07, 6.45) is 3.08. The molecule has 0 bridgehead atoms. The molecule has 0 aromatic heterocycles. The van der Waals surface area contributed by atoms with Gasteiger partial charge in [-0.2, -0.15) is 11.8 Å². The number of carboxylic acids is 1. The molecular formula is C13H22N2O4S. The van der Waals surface area contributed by atoms with E-state index < -0.39 is 5.97 Å². The number of carboxylic acid groups (broad SMARTS) is 1. The molecular weight excluding hydrogens is 280 g/mol. The first-order valence-corrected chi connectivity index (χ1v) is 8.26. The fourth-order valence-corrected chi connectivity index (χ4v) is 3.75. The molecule has 2 amide bonds. The molecule has 20 heavy (non-hydrogen) atoms. The largest absolute Gasteiger partial charge is 0.481 e. The second kappa shape index (κ2) is 7.17. The van der Waals surface area contributed by atoms with Crippen molar-refractivity contribution in [3.05, 3.63) is 0 Å². The molecule has 2 aliphatic rings. The smallest absolute Gasteiger partial charge is 0.320 e. The highest BCUT2D eigenvalue weighted by molar-refractivity contribution is 7.99. The summed E-state index contributed by atoms with van der Waals surface area (Å²) in [5, 5.41) is 18.1. The summed E-state index contributed by atoms with van der Waals surface area (Å²) in [6, 6.07) is -0.120. The van der Waals surface area contributed by atoms with Crippen LogP contribution in [0.2, 0.25) is 0 Å². The van der Waals surface area contributed by atoms with Crippen molar-refractivity contribution < 1.29 is 19.8 Å². The number of amides is 2. The number of carbonyl (C=O) groups excluding carboxylic acids is 1. The maximum Gasteiger partial charge on any atom is 0.320 e. The second-order valence-corrected chi connectivity index (χ2v) is 6.45. The minimum Gasteiger partial charge on any atom is -0.481 e. The minimum atomic E-state index is -0.868. The molecule has 2 N–H and O–H groups in total. The van der Waals surface area contributed by atoms with E-state index in [1.165, 1.54) is 0 Å². The molecule has 1 atom stereocenters. The van der Waals surface area contributed by atoms with Gasteiger partial charge in [0.2, 0.25) is 0 Å². The van der Waals surface area contributed by atoms with Gasteiger partial charge < -0.3 is 20.0 Å². The van der Waals surface area contributed by atoms with Crippen LogP contribution in [-0.4, -0.2) is 75.3 Å². The Morgan fingerprint density at radius 1 is 1.35 bits per heavy atom. The molecule has 1 saturated heterocycles. The standard InChI is InChI=1S/C13H22N2O4S/c16-6-4-14(10-2-1-3-10)13(19)15-5-7-20-9-11(15)8-12(17)18/h10-11,16H,1-9H2,(H,17,18). The van der Waals surface area contributed by atoms with Crippen molar-refractivity contribution in [3.63, 3.8) is 0 Å². The normalized spacial score (nSPS) is 23.2. The van der Waals surface area contributed by atoms with E-state index in [-0.39, 0.29) is 31.1 Å². The number of thioether (sulfide) groups is 1. The Kier molecular flexibility index (Phi) is 5.54. The zero-order chi connectivity index (χ0) is 14.5. The summed E-state index contributed by atoms with van der Waals surface area (Å²) in [7, 11) is 0. The fraction of sp³-hybridized carbons (Fsp3) is 0.846. The van der Waals surface area contributed by atoms with Crippen molar-refractivity contribution in [2.75, 3.05) is 31.2 Å². The number of hydrogen-bond acceptors (Lipinski definition) is 4. The van der Waals surface area contributed by atoms with Gasteiger partial charge in [-0.1, -0.05) is 0 Å². The maximum atomic E-state index is 12.7. The Balaban J connectivity index is 2.04. The van der Waals surface area contributed by atoms with Crippen LogP contribution in [0.3, 0.4) is 0 Å². The first-order chi connectivity index (χ1) is 9.63. The predicted octanol–water partition coefficient (Wildman–Crippen LogP) is 0.845. The van der Waals surface area contributed by atoms with Gasteiger partial charge in [-0.25, -0.2) is 4.79 Å². The molecule has 114 valence electrons. The highest BCUT2D eigenvalue weighted by Gasteiger charge is 2.35. The molecule has 1 aliphatic heterocycles. The lowest BCUT2D eigenvalue weighted by Gasteiger charge is -2.43. The third kappa shape index (κ3) is 3.58. The lowest BCUT2D eigenvalue weighted by molar-refractivity contribution is -0.138. The van der Waals surface area contributed by atoms with Gasteiger partial charge in [0.05, 0.1) is 19.1 Å². The molecule has 0 aromatic carbocycles. The van der Waals surface area contributed by atoms with Crippen molar-refractivity contribution in [3.8, 4) is 0 Å². The van der Waals surface area contributed by atoms with Crippen LogP contribution in [0.5, 0.6) is 0 Å². The molecule has 7 heteroatoms. The summed E-state index contributed by atoms with van der Waals surface area (Å²) in [5.74, 6) is 0.655. The Morgan fingerprint density at radius 3 is 2.65 bits per heavy atom. The van der Waals surface area contributed by atoms with Crippen LogP contribution in [0.15, 0.2) is 0 Å². The van der Waals surface area contributed by atoms with Crippen LogP contribution < -0.4 is 0 Å². The quantitative estimate of drug-likeness (QED) is 0.787. The topological polar surface area (TPSA) is 81.1 Å². The van der Waals surface area contributed by atoms with Gasteiger partial charge in [0.25, 0.3) is 0 Å². The van der Waals surface area contributed by atoms with Crippen molar-refractivity contribution in [1.82, 2.24) is 9.80 Å². The average molecular weight is 302 g/mol. The lowest BCUT2D eigenvalue weighted by Crippen LogP contribution is -2.56. The third-order valence-electron chi connectivity index (χ3n) is 3.99. The highest BCUT2D eigenvalue weighted by atomic mass is 32.2. The van der Waals surface area contributed by atoms with Crippen LogP contribution in [0.1, 0.15) is 25.7 Å². The molecule has 1 unspecified atom stereocenters. The molecule has 1 aliphatic carbocycles. The van der Waals surface area contributed by atoms with Gasteiger partial charge >= 0.3 is 12.0 Å². The molecule has 1 heterocycles. The van der Waals surface area contributed by atoms with E-state index in [0.29, 0.717) is 18.8 Å². The van der Waals surface area contributed by atoms with Crippen LogP contribution in [0.25, 0.3) is 0 Å². The van der Waals surface area contributed by atoms with Crippen molar-refractivity contribution >= 4 is 23.8 Å². The third-order valence-corrected chi connectivity index (χ3v) is 5.08. The number of aliphatic carboxylic acids is 1. The summed E-state index contributed by atoms with van der Waals surface area (Å²) >= 11 is 1.69. The zero-order valence-corrected chi connectivity index (χ0v) is 12.3. The lowest BCUT2D eigenvalue weighted by atomic mass is 9.91. The van der Waals surface area contributed by atoms with Crippen molar-refractivity contribution in [2.45, 2.75) is 37.8 Å². The fourth-order valence-electron chi connectivity index (χ4n) is 2.68. The summed E-state index contributed by atoms with van der Waals surface area (Å²) in [5.41, 5.74) is 0. The summed E-state index contributed by atoms with van der Waals surface area (Å²) in [6.45, 7) is 0.886. The van der Waals surface area contributed by atoms with Crippen LogP contribution >= 0.6 is 11.8 Å². The Hall–Kier alpha value is -0.950. The summed E-state index contributed by atoms with van der Waals surface area (Å²) in [4.78, 5) is 27.0. The number of hydrogen-bond donors (Lipinski definition) is 2. The molecule has 0 radical (unpaired) electrons. The van der Waals surface area contributed by atoms with E-state index in [2.05, 4.69) is 0 Å². The van der Waals surface area contributed by atoms with Gasteiger partial charge in [0.1, 0.15) is 0 Å². The Labute approximate surface area is 123 Å². The highest BCUT2D eigenvalue weighted by Crippen LogP contribution is 2.27. The second-order valence-electron chi connectivity index (χ2n) is 5.30. The number of nitrogens with zero attached hydrogens (tertiary/aromatic N) is 2. The molecule has 0 aromatic rings. The Bertz CT molecular complexity index is 362. The van der Waals surface area contributed by atoms with E-state index >= 15 is 0 Å². The zero-order valence-electron chi connectivity index (χ0n) is 11.5. The predicted molar refractivity (Wildman–Crippen MR) is 76.9 cm³/mol. The monoisotopic (exact) mass is 302 g/mol. The molecule has 2 rings (SSSR count). The molecule has 0 spiro atoms. The maximum absolute atomic E-state index is 12.7. The van der Waals surface area contributed by atoms with Gasteiger partial charge in [-0.15, -0.1) is 0 Å². The number of aliphatic hydroxyl groups is 1. The molecule has 2 fully saturated rings. The Morgan fingerprint density at radius 2 is 2.10 bits per heavy atom. The molecule has 6 nitrogen and oxygen atoms in total. The summed E-state index contributed by atoms with van der Waals surface area (Å²) < 4.78 is 0. The first-order valence-electron chi connectivity index (χ1n) is 7.11. The number of aliphatic hydroxyl groups excluding tert-OH is 1.